The number of aliphatic hydroxyl groups is 8. The van der Waals surface area contributed by atoms with E-state index < -0.39 is 86.8 Å². The van der Waals surface area contributed by atoms with E-state index >= 15 is 0 Å². The predicted octanol–water partition coefficient (Wildman–Crippen LogP) is 20.0. The van der Waals surface area contributed by atoms with Crippen molar-refractivity contribution in [3.8, 4) is 0 Å². The highest BCUT2D eigenvalue weighted by atomic mass is 16.7. The SMILES string of the molecule is CCCCCCCCCC/C=C\CCCCCCCCCCCCCCCCCCCCCCCC(=O)NC(COC1OC(CO)C(OC2OC(CO)C(O)C(O)C2O)C(O)C1O)C(O)CCCCCCCCCCCCCCCCCCCCCCCCCCCCCCCCC. The number of nitrogens with one attached hydrogen (secondary N) is 1. The fourth-order valence-electron chi connectivity index (χ4n) is 14.7. The van der Waals surface area contributed by atoms with Crippen LogP contribution in [0, 0.1) is 0 Å². The van der Waals surface area contributed by atoms with Gasteiger partial charge in [0, 0.05) is 6.42 Å². The summed E-state index contributed by atoms with van der Waals surface area (Å²) >= 11 is 0. The van der Waals surface area contributed by atoms with Crippen LogP contribution in [-0.4, -0.2) is 140 Å². The first-order valence-corrected chi connectivity index (χ1v) is 42.9. The molecule has 1 amide bonds. The zero-order valence-corrected chi connectivity index (χ0v) is 64.1. The monoisotopic (exact) mass is 1390 g/mol. The Morgan fingerprint density at radius 2 is 0.643 bits per heavy atom. The van der Waals surface area contributed by atoms with E-state index in [1.807, 2.05) is 0 Å². The average molecular weight is 1400 g/mol. The summed E-state index contributed by atoms with van der Waals surface area (Å²) < 4.78 is 23.0. The van der Waals surface area contributed by atoms with Gasteiger partial charge < -0.3 is 65.1 Å². The van der Waals surface area contributed by atoms with Crippen molar-refractivity contribution in [3.05, 3.63) is 12.2 Å². The quantitative estimate of drug-likeness (QED) is 0.0204. The van der Waals surface area contributed by atoms with Crippen LogP contribution in [0.3, 0.4) is 0 Å². The number of allylic oxidation sites excluding steroid dienone is 2. The van der Waals surface area contributed by atoms with Gasteiger partial charge in [-0.05, 0) is 38.5 Å². The Bertz CT molecular complexity index is 1690. The molecule has 2 heterocycles. The lowest BCUT2D eigenvalue weighted by atomic mass is 9.97. The van der Waals surface area contributed by atoms with Crippen LogP contribution in [0.1, 0.15) is 425 Å². The van der Waals surface area contributed by atoms with Gasteiger partial charge in [0.15, 0.2) is 12.6 Å². The second-order valence-corrected chi connectivity index (χ2v) is 30.7. The molecule has 98 heavy (non-hydrogen) atoms. The number of unbranched alkanes of at least 4 members (excludes halogenated alkanes) is 59. The number of aliphatic hydroxyl groups excluding tert-OH is 8. The molecule has 9 N–H and O–H groups in total. The minimum atomic E-state index is -1.78. The van der Waals surface area contributed by atoms with Gasteiger partial charge in [-0.1, -0.05) is 392 Å². The molecule has 0 aromatic carbocycles. The van der Waals surface area contributed by atoms with Gasteiger partial charge in [0.05, 0.1) is 32.0 Å². The number of hydrogen-bond acceptors (Lipinski definition) is 13. The van der Waals surface area contributed by atoms with E-state index in [4.69, 9.17) is 18.9 Å². The zero-order chi connectivity index (χ0) is 70.8. The molecule has 0 aliphatic carbocycles. The molecule has 0 bridgehead atoms. The second-order valence-electron chi connectivity index (χ2n) is 30.7. The maximum atomic E-state index is 13.4. The van der Waals surface area contributed by atoms with E-state index in [9.17, 15) is 45.6 Å². The Morgan fingerprint density at radius 1 is 0.357 bits per heavy atom. The van der Waals surface area contributed by atoms with Crippen LogP contribution in [0.2, 0.25) is 0 Å². The Morgan fingerprint density at radius 3 is 0.969 bits per heavy atom. The van der Waals surface area contributed by atoms with E-state index in [1.165, 1.54) is 347 Å². The lowest BCUT2D eigenvalue weighted by Gasteiger charge is -2.46. The van der Waals surface area contributed by atoms with Crippen LogP contribution in [-0.2, 0) is 23.7 Å². The number of ether oxygens (including phenoxy) is 4. The first-order chi connectivity index (χ1) is 48.1. The summed E-state index contributed by atoms with van der Waals surface area (Å²) in [6, 6.07) is -0.827. The lowest BCUT2D eigenvalue weighted by Crippen LogP contribution is -2.65. The third-order valence-electron chi connectivity index (χ3n) is 21.5. The summed E-state index contributed by atoms with van der Waals surface area (Å²) in [6.45, 7) is 2.95. The smallest absolute Gasteiger partial charge is 0.220 e. The van der Waals surface area contributed by atoms with Crippen LogP contribution < -0.4 is 5.32 Å². The molecule has 12 unspecified atom stereocenters. The van der Waals surface area contributed by atoms with Crippen molar-refractivity contribution >= 4 is 5.91 Å². The summed E-state index contributed by atoms with van der Waals surface area (Å²) in [7, 11) is 0. The van der Waals surface area contributed by atoms with Gasteiger partial charge in [0.25, 0.3) is 0 Å². The number of amides is 1. The molecule has 0 aromatic rings. The van der Waals surface area contributed by atoms with Crippen molar-refractivity contribution in [2.45, 2.75) is 498 Å². The highest BCUT2D eigenvalue weighted by Crippen LogP contribution is 2.31. The zero-order valence-electron chi connectivity index (χ0n) is 64.1. The van der Waals surface area contributed by atoms with Gasteiger partial charge in [-0.25, -0.2) is 0 Å². The molecule has 14 nitrogen and oxygen atoms in total. The van der Waals surface area contributed by atoms with Crippen molar-refractivity contribution in [1.29, 1.82) is 0 Å². The molecule has 0 aromatic heterocycles. The summed E-state index contributed by atoms with van der Waals surface area (Å²) in [6.07, 6.45) is 71.3. The third kappa shape index (κ3) is 51.0. The van der Waals surface area contributed by atoms with Gasteiger partial charge in [-0.3, -0.25) is 4.79 Å². The summed E-state index contributed by atoms with van der Waals surface area (Å²) in [5, 5.41) is 88.0. The largest absolute Gasteiger partial charge is 0.394 e. The van der Waals surface area contributed by atoms with Crippen LogP contribution in [0.4, 0.5) is 0 Å². The average Bonchev–Trinajstić information content (AvgIpc) is 0.793. The minimum Gasteiger partial charge on any atom is -0.394 e. The van der Waals surface area contributed by atoms with E-state index in [1.54, 1.807) is 0 Å². The van der Waals surface area contributed by atoms with Crippen LogP contribution >= 0.6 is 0 Å². The molecule has 2 rings (SSSR count). The van der Waals surface area contributed by atoms with Crippen molar-refractivity contribution in [2.24, 2.45) is 0 Å². The van der Waals surface area contributed by atoms with Crippen molar-refractivity contribution < 1.29 is 64.6 Å². The molecule has 0 radical (unpaired) electrons. The van der Waals surface area contributed by atoms with E-state index in [0.717, 1.165) is 51.4 Å². The molecule has 12 atom stereocenters. The normalized spacial score (nSPS) is 22.0. The van der Waals surface area contributed by atoms with Gasteiger partial charge in [0.2, 0.25) is 5.91 Å². The van der Waals surface area contributed by atoms with Gasteiger partial charge >= 0.3 is 0 Å². The molecule has 0 saturated carbocycles. The topological polar surface area (TPSA) is 228 Å². The predicted molar refractivity (Wildman–Crippen MR) is 406 cm³/mol. The van der Waals surface area contributed by atoms with Crippen molar-refractivity contribution in [3.63, 3.8) is 0 Å². The van der Waals surface area contributed by atoms with Crippen molar-refractivity contribution in [1.82, 2.24) is 5.32 Å². The lowest BCUT2D eigenvalue weighted by molar-refractivity contribution is -0.359. The number of hydrogen-bond donors (Lipinski definition) is 9. The van der Waals surface area contributed by atoms with Gasteiger partial charge in [-0.15, -0.1) is 0 Å². The highest BCUT2D eigenvalue weighted by Gasteiger charge is 2.51. The molecule has 582 valence electrons. The summed E-state index contributed by atoms with van der Waals surface area (Å²) in [5.41, 5.74) is 0. The number of carbonyl (C=O) groups is 1. The molecule has 2 aliphatic rings. The van der Waals surface area contributed by atoms with E-state index in [0.29, 0.717) is 12.8 Å². The van der Waals surface area contributed by atoms with Gasteiger partial charge in [-0.2, -0.15) is 0 Å². The number of carbonyl (C=O) groups excluding carboxylic acids is 1. The third-order valence-corrected chi connectivity index (χ3v) is 21.5. The number of rotatable bonds is 74. The maximum absolute atomic E-state index is 13.4. The van der Waals surface area contributed by atoms with Crippen LogP contribution in [0.15, 0.2) is 12.2 Å². The highest BCUT2D eigenvalue weighted by molar-refractivity contribution is 5.76. The molecular formula is C84H163NO13. The molecular weight excluding hydrogens is 1230 g/mol. The van der Waals surface area contributed by atoms with E-state index in [-0.39, 0.29) is 12.5 Å². The maximum Gasteiger partial charge on any atom is 0.220 e. The standard InChI is InChI=1S/C84H163NO13/c1-3-5-7-9-11-13-15-17-19-21-23-25-27-29-31-33-35-36-38-40-42-44-46-48-50-52-54-56-58-60-62-64-66-68-76(89)85-72(71-95-83-81(94)79(92)82(75(70-87)97-83)98-84-80(93)78(91)77(90)74(69-86)96-84)73(88)67-65-63-61-59-57-55-53-51-49-47-45-43-41-39-37-34-32-30-28-26-24-22-20-18-16-14-12-10-8-6-4-2/h21,23,72-75,77-84,86-88,90-94H,3-20,22,24-71H2,1-2H3,(H,85,89)/b23-21-. The Hall–Kier alpha value is -1.27. The molecule has 2 saturated heterocycles. The summed E-state index contributed by atoms with van der Waals surface area (Å²) in [4.78, 5) is 13.4. The second kappa shape index (κ2) is 68.8. The fourth-order valence-corrected chi connectivity index (χ4v) is 14.7. The molecule has 14 heteroatoms. The van der Waals surface area contributed by atoms with Crippen LogP contribution in [0.25, 0.3) is 0 Å². The van der Waals surface area contributed by atoms with E-state index in [2.05, 4.69) is 31.3 Å². The molecule has 0 spiro atoms. The minimum absolute atomic E-state index is 0.195. The van der Waals surface area contributed by atoms with Gasteiger partial charge in [0.1, 0.15) is 48.8 Å². The molecule has 2 aliphatic heterocycles. The Labute approximate surface area is 603 Å². The Balaban J connectivity index is 1.57. The first kappa shape index (κ1) is 92.8. The Kier molecular flexibility index (Phi) is 65.2. The van der Waals surface area contributed by atoms with Crippen molar-refractivity contribution in [2.75, 3.05) is 19.8 Å². The fraction of sp³-hybridized carbons (Fsp3) is 0.964. The molecule has 2 fully saturated rings. The first-order valence-electron chi connectivity index (χ1n) is 42.9. The van der Waals surface area contributed by atoms with Crippen LogP contribution in [0.5, 0.6) is 0 Å². The summed E-state index contributed by atoms with van der Waals surface area (Å²) in [5.74, 6) is -0.195.